The zero-order valence-corrected chi connectivity index (χ0v) is 20.0. The van der Waals surface area contributed by atoms with Gasteiger partial charge in [0.2, 0.25) is 0 Å². The van der Waals surface area contributed by atoms with Gasteiger partial charge in [-0.15, -0.1) is 24.0 Å². The highest BCUT2D eigenvalue weighted by atomic mass is 127. The second-order valence-corrected chi connectivity index (χ2v) is 9.41. The number of benzene rings is 1. The SMILES string of the molecule is CN=C(NCCCc1ccc(Cl)cc1Cl)NCCN1CCS(=O)(=O)CC1.I. The predicted octanol–water partition coefficient (Wildman–Crippen LogP) is 2.44. The Balaban J connectivity index is 0.00000364. The van der Waals surface area contributed by atoms with Crippen LogP contribution < -0.4 is 10.6 Å². The summed E-state index contributed by atoms with van der Waals surface area (Å²) >= 11 is 12.1. The second kappa shape index (κ2) is 12.3. The van der Waals surface area contributed by atoms with E-state index < -0.39 is 9.84 Å². The van der Waals surface area contributed by atoms with E-state index in [1.54, 1.807) is 13.1 Å². The summed E-state index contributed by atoms with van der Waals surface area (Å²) in [6.45, 7) is 3.52. The highest BCUT2D eigenvalue weighted by Crippen LogP contribution is 2.21. The third-order valence-corrected chi connectivity index (χ3v) is 6.51. The average Bonchev–Trinajstić information content (AvgIpc) is 2.60. The summed E-state index contributed by atoms with van der Waals surface area (Å²) in [5.74, 6) is 1.26. The zero-order valence-electron chi connectivity index (χ0n) is 15.4. The molecule has 0 atom stereocenters. The van der Waals surface area contributed by atoms with Crippen molar-refractivity contribution in [1.29, 1.82) is 0 Å². The van der Waals surface area contributed by atoms with Crippen molar-refractivity contribution in [3.05, 3.63) is 33.8 Å². The van der Waals surface area contributed by atoms with Crippen LogP contribution in [0.25, 0.3) is 0 Å². The Morgan fingerprint density at radius 3 is 2.48 bits per heavy atom. The van der Waals surface area contributed by atoms with Crippen molar-refractivity contribution in [2.75, 3.05) is 51.3 Å². The summed E-state index contributed by atoms with van der Waals surface area (Å²) in [6.07, 6.45) is 1.79. The Morgan fingerprint density at radius 1 is 1.19 bits per heavy atom. The number of nitrogens with zero attached hydrogens (tertiary/aromatic N) is 2. The van der Waals surface area contributed by atoms with Gasteiger partial charge < -0.3 is 10.6 Å². The number of rotatable bonds is 7. The Labute approximate surface area is 189 Å². The van der Waals surface area contributed by atoms with Crippen LogP contribution in [0.4, 0.5) is 0 Å². The topological polar surface area (TPSA) is 73.8 Å². The summed E-state index contributed by atoms with van der Waals surface area (Å²) < 4.78 is 22.9. The van der Waals surface area contributed by atoms with E-state index in [0.29, 0.717) is 23.1 Å². The lowest BCUT2D eigenvalue weighted by atomic mass is 10.1. The molecule has 1 aromatic rings. The fraction of sp³-hybridized carbons (Fsp3) is 0.588. The van der Waals surface area contributed by atoms with E-state index in [0.717, 1.165) is 44.0 Å². The molecule has 0 bridgehead atoms. The van der Waals surface area contributed by atoms with Crippen LogP contribution in [0, 0.1) is 0 Å². The van der Waals surface area contributed by atoms with Gasteiger partial charge in [-0.05, 0) is 30.5 Å². The Kier molecular flexibility index (Phi) is 11.3. The Hall–Kier alpha value is -0.290. The lowest BCUT2D eigenvalue weighted by Crippen LogP contribution is -2.46. The smallest absolute Gasteiger partial charge is 0.191 e. The minimum atomic E-state index is -2.82. The minimum absolute atomic E-state index is 0. The van der Waals surface area contributed by atoms with Gasteiger partial charge >= 0.3 is 0 Å². The molecule has 1 saturated heterocycles. The highest BCUT2D eigenvalue weighted by Gasteiger charge is 2.20. The van der Waals surface area contributed by atoms with E-state index in [-0.39, 0.29) is 35.5 Å². The van der Waals surface area contributed by atoms with Crippen LogP contribution >= 0.6 is 47.2 Å². The molecule has 154 valence electrons. The van der Waals surface area contributed by atoms with Gasteiger partial charge in [0.25, 0.3) is 0 Å². The first kappa shape index (κ1) is 24.7. The van der Waals surface area contributed by atoms with Gasteiger partial charge in [-0.1, -0.05) is 29.3 Å². The lowest BCUT2D eigenvalue weighted by molar-refractivity contribution is 0.299. The summed E-state index contributed by atoms with van der Waals surface area (Å²) in [5.41, 5.74) is 1.08. The van der Waals surface area contributed by atoms with Gasteiger partial charge in [-0.25, -0.2) is 8.42 Å². The Morgan fingerprint density at radius 2 is 1.85 bits per heavy atom. The first-order valence-corrected chi connectivity index (χ1v) is 11.3. The molecule has 0 radical (unpaired) electrons. The molecular weight excluding hydrogens is 522 g/mol. The Bertz CT molecular complexity index is 718. The molecule has 0 amide bonds. The fourth-order valence-electron chi connectivity index (χ4n) is 2.74. The van der Waals surface area contributed by atoms with Crippen molar-refractivity contribution in [2.24, 2.45) is 4.99 Å². The summed E-state index contributed by atoms with van der Waals surface area (Å²) in [5, 5.41) is 7.88. The molecular formula is C17H27Cl2IN4O2S. The molecule has 1 heterocycles. The molecule has 1 aliphatic heterocycles. The zero-order chi connectivity index (χ0) is 19.0. The molecule has 1 fully saturated rings. The summed E-state index contributed by atoms with van der Waals surface area (Å²) in [7, 11) is -1.08. The van der Waals surface area contributed by atoms with Crippen molar-refractivity contribution in [1.82, 2.24) is 15.5 Å². The molecule has 27 heavy (non-hydrogen) atoms. The summed E-state index contributed by atoms with van der Waals surface area (Å²) in [6, 6.07) is 5.57. The molecule has 2 N–H and O–H groups in total. The maximum Gasteiger partial charge on any atom is 0.191 e. The lowest BCUT2D eigenvalue weighted by Gasteiger charge is -2.26. The highest BCUT2D eigenvalue weighted by molar-refractivity contribution is 14.0. The second-order valence-electron chi connectivity index (χ2n) is 6.26. The number of sulfone groups is 1. The van der Waals surface area contributed by atoms with Crippen LogP contribution in [-0.2, 0) is 16.3 Å². The van der Waals surface area contributed by atoms with Gasteiger partial charge in [0.05, 0.1) is 11.5 Å². The van der Waals surface area contributed by atoms with Gasteiger partial charge in [-0.2, -0.15) is 0 Å². The third-order valence-electron chi connectivity index (χ3n) is 4.31. The van der Waals surface area contributed by atoms with Crippen molar-refractivity contribution >= 4 is 63.0 Å². The van der Waals surface area contributed by atoms with Crippen LogP contribution in [0.2, 0.25) is 10.0 Å². The van der Waals surface area contributed by atoms with Crippen LogP contribution in [0.3, 0.4) is 0 Å². The number of guanidine groups is 1. The molecule has 0 aromatic heterocycles. The third kappa shape index (κ3) is 9.17. The first-order valence-electron chi connectivity index (χ1n) is 8.71. The number of aliphatic imine (C=N–C) groups is 1. The molecule has 1 aliphatic rings. The molecule has 0 spiro atoms. The standard InChI is InChI=1S/C17H26Cl2N4O2S.HI/c1-20-17(22-7-8-23-9-11-26(24,25)12-10-23)21-6-2-3-14-4-5-15(18)13-16(14)19;/h4-5,13H,2-3,6-12H2,1H3,(H2,20,21,22);1H. The van der Waals surface area contributed by atoms with Crippen molar-refractivity contribution in [2.45, 2.75) is 12.8 Å². The molecule has 10 heteroatoms. The van der Waals surface area contributed by atoms with E-state index in [1.165, 1.54) is 0 Å². The summed E-state index contributed by atoms with van der Waals surface area (Å²) in [4.78, 5) is 6.36. The van der Waals surface area contributed by atoms with Crippen LogP contribution in [0.15, 0.2) is 23.2 Å². The predicted molar refractivity (Wildman–Crippen MR) is 125 cm³/mol. The number of hydrogen-bond acceptors (Lipinski definition) is 4. The number of nitrogens with one attached hydrogen (secondary N) is 2. The van der Waals surface area contributed by atoms with Gasteiger partial charge in [0.15, 0.2) is 15.8 Å². The van der Waals surface area contributed by atoms with Gasteiger partial charge in [-0.3, -0.25) is 9.89 Å². The van der Waals surface area contributed by atoms with E-state index in [2.05, 4.69) is 20.5 Å². The van der Waals surface area contributed by atoms with E-state index in [4.69, 9.17) is 23.2 Å². The number of halogens is 3. The normalized spacial score (nSPS) is 17.2. The molecule has 0 aliphatic carbocycles. The molecule has 0 saturated carbocycles. The van der Waals surface area contributed by atoms with Gasteiger partial charge in [0, 0.05) is 49.8 Å². The quantitative estimate of drug-likeness (QED) is 0.237. The van der Waals surface area contributed by atoms with E-state index in [9.17, 15) is 8.42 Å². The maximum absolute atomic E-state index is 11.4. The monoisotopic (exact) mass is 548 g/mol. The number of aryl methyl sites for hydroxylation is 1. The molecule has 6 nitrogen and oxygen atoms in total. The minimum Gasteiger partial charge on any atom is -0.356 e. The molecule has 0 unspecified atom stereocenters. The van der Waals surface area contributed by atoms with Crippen LogP contribution in [-0.4, -0.2) is 70.6 Å². The van der Waals surface area contributed by atoms with Crippen molar-refractivity contribution < 1.29 is 8.42 Å². The van der Waals surface area contributed by atoms with Crippen LogP contribution in [0.1, 0.15) is 12.0 Å². The fourth-order valence-corrected chi connectivity index (χ4v) is 4.52. The average molecular weight is 549 g/mol. The van der Waals surface area contributed by atoms with E-state index >= 15 is 0 Å². The van der Waals surface area contributed by atoms with Crippen molar-refractivity contribution in [3.8, 4) is 0 Å². The van der Waals surface area contributed by atoms with Gasteiger partial charge in [0.1, 0.15) is 0 Å². The molecule has 1 aromatic carbocycles. The van der Waals surface area contributed by atoms with Crippen molar-refractivity contribution in [3.63, 3.8) is 0 Å². The number of hydrogen-bond donors (Lipinski definition) is 2. The first-order chi connectivity index (χ1) is 12.4. The largest absolute Gasteiger partial charge is 0.356 e. The molecule has 2 rings (SSSR count). The maximum atomic E-state index is 11.4. The van der Waals surface area contributed by atoms with E-state index in [1.807, 2.05) is 12.1 Å². The van der Waals surface area contributed by atoms with Crippen LogP contribution in [0.5, 0.6) is 0 Å².